The number of hydrogen-bond acceptors (Lipinski definition) is 2. The summed E-state index contributed by atoms with van der Waals surface area (Å²) in [6.07, 6.45) is 6.61. The first-order valence-corrected chi connectivity index (χ1v) is 10.0. The highest BCUT2D eigenvalue weighted by molar-refractivity contribution is 5.91. The lowest BCUT2D eigenvalue weighted by molar-refractivity contribution is -0.116. The normalized spacial score (nSPS) is 15.0. The Morgan fingerprint density at radius 3 is 2.61 bits per heavy atom. The maximum atomic E-state index is 13.7. The van der Waals surface area contributed by atoms with Crippen molar-refractivity contribution >= 4 is 11.6 Å². The zero-order chi connectivity index (χ0) is 19.9. The summed E-state index contributed by atoms with van der Waals surface area (Å²) in [6.45, 7) is 0.777. The lowest BCUT2D eigenvalue weighted by Crippen LogP contribution is -2.33. The summed E-state index contributed by atoms with van der Waals surface area (Å²) in [5.41, 5.74) is 2.08. The molecule has 2 aromatic rings. The molecular formula is C23H28F2N2O. The molecule has 1 aliphatic carbocycles. The first-order valence-electron chi connectivity index (χ1n) is 10.0. The first-order chi connectivity index (χ1) is 13.5. The van der Waals surface area contributed by atoms with Crippen molar-refractivity contribution in [3.05, 3.63) is 65.2 Å². The van der Waals surface area contributed by atoms with E-state index in [-0.39, 0.29) is 24.3 Å². The Hall–Kier alpha value is -2.27. The van der Waals surface area contributed by atoms with Crippen LogP contribution in [0.15, 0.2) is 42.5 Å². The van der Waals surface area contributed by atoms with Gasteiger partial charge in [0.25, 0.3) is 0 Å². The van der Waals surface area contributed by atoms with E-state index in [0.717, 1.165) is 36.0 Å². The van der Waals surface area contributed by atoms with Crippen LogP contribution in [0.1, 0.15) is 49.7 Å². The molecule has 150 valence electrons. The maximum absolute atomic E-state index is 13.7. The van der Waals surface area contributed by atoms with Gasteiger partial charge >= 0.3 is 0 Å². The van der Waals surface area contributed by atoms with Gasteiger partial charge in [-0.3, -0.25) is 9.69 Å². The van der Waals surface area contributed by atoms with Gasteiger partial charge in [-0.15, -0.1) is 0 Å². The molecule has 0 heterocycles. The first kappa shape index (κ1) is 20.5. The fourth-order valence-corrected chi connectivity index (χ4v) is 3.90. The highest BCUT2D eigenvalue weighted by atomic mass is 19.1. The largest absolute Gasteiger partial charge is 0.326 e. The van der Waals surface area contributed by atoms with E-state index < -0.39 is 11.6 Å². The molecule has 0 radical (unpaired) electrons. The smallest absolute Gasteiger partial charge is 0.224 e. The standard InChI is InChI=1S/C23H28F2N2O/c1-27(20-8-3-2-4-9-20)16-18-7-5-6-10-22(18)26-23(28)14-11-17-15-19(24)12-13-21(17)25/h5-7,10,12-13,15,20H,2-4,8-9,11,14,16H2,1H3,(H,26,28). The molecule has 0 atom stereocenters. The number of carbonyl (C=O) groups excluding carboxylic acids is 1. The summed E-state index contributed by atoms with van der Waals surface area (Å²) >= 11 is 0. The van der Waals surface area contributed by atoms with Crippen LogP contribution in [0.3, 0.4) is 0 Å². The molecule has 1 aliphatic rings. The number of nitrogens with one attached hydrogen (secondary N) is 1. The number of rotatable bonds is 7. The lowest BCUT2D eigenvalue weighted by atomic mass is 9.94. The SMILES string of the molecule is CN(Cc1ccccc1NC(=O)CCc1cc(F)ccc1F)C1CCCCC1. The third-order valence-corrected chi connectivity index (χ3v) is 5.54. The van der Waals surface area contributed by atoms with E-state index in [1.54, 1.807) is 0 Å². The molecular weight excluding hydrogens is 358 g/mol. The van der Waals surface area contributed by atoms with Crippen molar-refractivity contribution in [2.75, 3.05) is 12.4 Å². The summed E-state index contributed by atoms with van der Waals surface area (Å²) in [7, 11) is 2.14. The van der Waals surface area contributed by atoms with Gasteiger partial charge in [-0.2, -0.15) is 0 Å². The second kappa shape index (κ2) is 9.78. The molecule has 0 aromatic heterocycles. The van der Waals surface area contributed by atoms with Crippen molar-refractivity contribution in [2.45, 2.75) is 57.5 Å². The molecule has 0 aliphatic heterocycles. The molecule has 1 saturated carbocycles. The van der Waals surface area contributed by atoms with E-state index in [1.807, 2.05) is 24.3 Å². The third kappa shape index (κ3) is 5.61. The number of hydrogen-bond donors (Lipinski definition) is 1. The Morgan fingerprint density at radius 2 is 1.82 bits per heavy atom. The average molecular weight is 386 g/mol. The molecule has 0 unspecified atom stereocenters. The molecule has 3 nitrogen and oxygen atoms in total. The number of aryl methyl sites for hydroxylation is 1. The summed E-state index contributed by atoms with van der Waals surface area (Å²) in [6, 6.07) is 11.7. The van der Waals surface area contributed by atoms with E-state index in [9.17, 15) is 13.6 Å². The summed E-state index contributed by atoms with van der Waals surface area (Å²) in [4.78, 5) is 14.7. The van der Waals surface area contributed by atoms with Crippen molar-refractivity contribution in [1.82, 2.24) is 4.90 Å². The Bertz CT molecular complexity index is 803. The highest BCUT2D eigenvalue weighted by Gasteiger charge is 2.19. The molecule has 0 bridgehead atoms. The second-order valence-electron chi connectivity index (χ2n) is 7.65. The van der Waals surface area contributed by atoms with E-state index in [4.69, 9.17) is 0 Å². The number of nitrogens with zero attached hydrogens (tertiary/aromatic N) is 1. The molecule has 5 heteroatoms. The minimum Gasteiger partial charge on any atom is -0.326 e. The van der Waals surface area contributed by atoms with Crippen LogP contribution < -0.4 is 5.32 Å². The minimum atomic E-state index is -0.493. The molecule has 1 amide bonds. The fraction of sp³-hybridized carbons (Fsp3) is 0.435. The zero-order valence-electron chi connectivity index (χ0n) is 16.4. The number of carbonyl (C=O) groups is 1. The van der Waals surface area contributed by atoms with Crippen molar-refractivity contribution in [3.8, 4) is 0 Å². The van der Waals surface area contributed by atoms with Crippen molar-refractivity contribution in [3.63, 3.8) is 0 Å². The Kier molecular flexibility index (Phi) is 7.15. The van der Waals surface area contributed by atoms with Gasteiger partial charge in [0.05, 0.1) is 0 Å². The number of benzene rings is 2. The van der Waals surface area contributed by atoms with Crippen molar-refractivity contribution in [1.29, 1.82) is 0 Å². The van der Waals surface area contributed by atoms with Crippen LogP contribution in [-0.4, -0.2) is 23.9 Å². The molecule has 28 heavy (non-hydrogen) atoms. The van der Waals surface area contributed by atoms with Crippen molar-refractivity contribution in [2.24, 2.45) is 0 Å². The molecule has 2 aromatic carbocycles. The number of para-hydroxylation sites is 1. The Balaban J connectivity index is 1.59. The van der Waals surface area contributed by atoms with Gasteiger partial charge in [0.15, 0.2) is 0 Å². The highest BCUT2D eigenvalue weighted by Crippen LogP contribution is 2.25. The number of halogens is 2. The minimum absolute atomic E-state index is 0.104. The molecule has 1 fully saturated rings. The summed E-state index contributed by atoms with van der Waals surface area (Å²) in [5, 5.41) is 2.94. The predicted molar refractivity (Wildman–Crippen MR) is 108 cm³/mol. The third-order valence-electron chi connectivity index (χ3n) is 5.54. The van der Waals surface area contributed by atoms with Crippen molar-refractivity contribution < 1.29 is 13.6 Å². The van der Waals surface area contributed by atoms with Crippen LogP contribution in [0, 0.1) is 11.6 Å². The fourth-order valence-electron chi connectivity index (χ4n) is 3.90. The predicted octanol–water partition coefficient (Wildman–Crippen LogP) is 5.30. The van der Waals surface area contributed by atoms with Gasteiger partial charge in [-0.1, -0.05) is 37.5 Å². The van der Waals surface area contributed by atoms with E-state index in [0.29, 0.717) is 6.04 Å². The quantitative estimate of drug-likeness (QED) is 0.700. The topological polar surface area (TPSA) is 32.3 Å². The number of amides is 1. The maximum Gasteiger partial charge on any atom is 0.224 e. The Morgan fingerprint density at radius 1 is 1.07 bits per heavy atom. The van der Waals surface area contributed by atoms with Crippen LogP contribution in [0.4, 0.5) is 14.5 Å². The monoisotopic (exact) mass is 386 g/mol. The van der Waals surface area contributed by atoms with E-state index in [2.05, 4.69) is 17.3 Å². The average Bonchev–Trinajstić information content (AvgIpc) is 2.71. The van der Waals surface area contributed by atoms with Gasteiger partial charge in [0.2, 0.25) is 5.91 Å². The molecule has 0 spiro atoms. The molecule has 3 rings (SSSR count). The van der Waals surface area contributed by atoms with Crippen LogP contribution in [0.2, 0.25) is 0 Å². The van der Waals surface area contributed by atoms with Crippen LogP contribution >= 0.6 is 0 Å². The molecule has 1 N–H and O–H groups in total. The molecule has 0 saturated heterocycles. The van der Waals surface area contributed by atoms with Crippen LogP contribution in [-0.2, 0) is 17.8 Å². The van der Waals surface area contributed by atoms with Gasteiger partial charge < -0.3 is 5.32 Å². The van der Waals surface area contributed by atoms with Gasteiger partial charge in [0, 0.05) is 24.7 Å². The van der Waals surface area contributed by atoms with E-state index >= 15 is 0 Å². The lowest BCUT2D eigenvalue weighted by Gasteiger charge is -2.31. The number of anilines is 1. The summed E-state index contributed by atoms with van der Waals surface area (Å²) in [5.74, 6) is -1.17. The van der Waals surface area contributed by atoms with Crippen LogP contribution in [0.5, 0.6) is 0 Å². The van der Waals surface area contributed by atoms with E-state index in [1.165, 1.54) is 32.1 Å². The van der Waals surface area contributed by atoms with Gasteiger partial charge in [-0.25, -0.2) is 8.78 Å². The zero-order valence-corrected chi connectivity index (χ0v) is 16.4. The summed E-state index contributed by atoms with van der Waals surface area (Å²) < 4.78 is 27.0. The van der Waals surface area contributed by atoms with Gasteiger partial charge in [0.1, 0.15) is 11.6 Å². The second-order valence-corrected chi connectivity index (χ2v) is 7.65. The van der Waals surface area contributed by atoms with Crippen LogP contribution in [0.25, 0.3) is 0 Å². The van der Waals surface area contributed by atoms with Gasteiger partial charge in [-0.05, 0) is 61.7 Å². The Labute approximate surface area is 165 Å².